The van der Waals surface area contributed by atoms with Crippen molar-refractivity contribution in [1.29, 1.82) is 0 Å². The first kappa shape index (κ1) is 19.7. The van der Waals surface area contributed by atoms with Crippen molar-refractivity contribution < 1.29 is 17.3 Å². The smallest absolute Gasteiger partial charge is 0.297 e. The van der Waals surface area contributed by atoms with Crippen LogP contribution in [0.3, 0.4) is 0 Å². The Morgan fingerprint density at radius 2 is 1.59 bits per heavy atom. The van der Waals surface area contributed by atoms with Gasteiger partial charge in [0.25, 0.3) is 10.1 Å². The minimum absolute atomic E-state index is 0.164. The standard InChI is InChI=1S/C24H24O4S/c1-15-5-8-18(9-6-15)20-13-17(3)11-19-14-22(28-24(19)20)21-12-16(2)7-10-23(21)29(25,26)27-4/h5-13,22H,14H2,1-4H3. The molecule has 0 radical (unpaired) electrons. The Morgan fingerprint density at radius 3 is 2.28 bits per heavy atom. The van der Waals surface area contributed by atoms with Gasteiger partial charge in [-0.25, -0.2) is 0 Å². The minimum atomic E-state index is -3.83. The summed E-state index contributed by atoms with van der Waals surface area (Å²) in [4.78, 5) is 0.164. The zero-order chi connectivity index (χ0) is 20.8. The lowest BCUT2D eigenvalue weighted by molar-refractivity contribution is 0.235. The molecular weight excluding hydrogens is 384 g/mol. The van der Waals surface area contributed by atoms with E-state index in [1.165, 1.54) is 12.7 Å². The fraction of sp³-hybridized carbons (Fsp3) is 0.250. The Morgan fingerprint density at radius 1 is 0.897 bits per heavy atom. The van der Waals surface area contributed by atoms with E-state index in [2.05, 4.69) is 50.2 Å². The molecule has 0 fully saturated rings. The third kappa shape index (κ3) is 3.68. The van der Waals surface area contributed by atoms with Gasteiger partial charge in [-0.15, -0.1) is 0 Å². The summed E-state index contributed by atoms with van der Waals surface area (Å²) in [6, 6.07) is 17.8. The van der Waals surface area contributed by atoms with Gasteiger partial charge in [0.05, 0.1) is 7.11 Å². The van der Waals surface area contributed by atoms with Gasteiger partial charge < -0.3 is 4.74 Å². The molecule has 150 valence electrons. The van der Waals surface area contributed by atoms with E-state index in [1.807, 2.05) is 13.0 Å². The first-order valence-electron chi connectivity index (χ1n) is 9.57. The Bertz CT molecular complexity index is 1180. The SMILES string of the molecule is COS(=O)(=O)c1ccc(C)cc1C1Cc2cc(C)cc(-c3ccc(C)cc3)c2O1. The van der Waals surface area contributed by atoms with Gasteiger partial charge in [-0.2, -0.15) is 8.42 Å². The number of hydrogen-bond donors (Lipinski definition) is 0. The maximum absolute atomic E-state index is 12.5. The lowest BCUT2D eigenvalue weighted by Crippen LogP contribution is -2.12. The van der Waals surface area contributed by atoms with Crippen LogP contribution in [0, 0.1) is 20.8 Å². The summed E-state index contributed by atoms with van der Waals surface area (Å²) >= 11 is 0. The third-order valence-electron chi connectivity index (χ3n) is 5.34. The van der Waals surface area contributed by atoms with Crippen LogP contribution in [0.4, 0.5) is 0 Å². The van der Waals surface area contributed by atoms with E-state index in [0.29, 0.717) is 12.0 Å². The van der Waals surface area contributed by atoms with Crippen molar-refractivity contribution in [2.24, 2.45) is 0 Å². The van der Waals surface area contributed by atoms with E-state index in [9.17, 15) is 8.42 Å². The van der Waals surface area contributed by atoms with Crippen molar-refractivity contribution in [3.63, 3.8) is 0 Å². The van der Waals surface area contributed by atoms with Crippen LogP contribution in [0.15, 0.2) is 59.5 Å². The second-order valence-corrected chi connectivity index (χ2v) is 9.32. The topological polar surface area (TPSA) is 52.6 Å². The highest BCUT2D eigenvalue weighted by Crippen LogP contribution is 2.45. The van der Waals surface area contributed by atoms with Crippen LogP contribution in [-0.4, -0.2) is 15.5 Å². The molecule has 4 rings (SSSR count). The number of rotatable bonds is 4. The van der Waals surface area contributed by atoms with Crippen LogP contribution in [0.1, 0.15) is 33.9 Å². The van der Waals surface area contributed by atoms with Crippen LogP contribution in [0.25, 0.3) is 11.1 Å². The van der Waals surface area contributed by atoms with Crippen LogP contribution < -0.4 is 4.74 Å². The summed E-state index contributed by atoms with van der Waals surface area (Å²) < 4.78 is 36.1. The van der Waals surface area contributed by atoms with Crippen molar-refractivity contribution >= 4 is 10.1 Å². The molecule has 0 aromatic heterocycles. The second-order valence-electron chi connectivity index (χ2n) is 7.64. The van der Waals surface area contributed by atoms with Gasteiger partial charge in [-0.1, -0.05) is 53.6 Å². The van der Waals surface area contributed by atoms with Gasteiger partial charge >= 0.3 is 0 Å². The highest BCUT2D eigenvalue weighted by molar-refractivity contribution is 7.86. The summed E-state index contributed by atoms with van der Waals surface area (Å²) in [5.41, 5.74) is 7.17. The molecule has 0 spiro atoms. The predicted octanol–water partition coefficient (Wildman–Crippen LogP) is 5.29. The fourth-order valence-electron chi connectivity index (χ4n) is 3.88. The molecule has 3 aromatic rings. The molecular formula is C24H24O4S. The number of ether oxygens (including phenoxy) is 1. The second kappa shape index (κ2) is 7.32. The average molecular weight is 409 g/mol. The molecule has 1 aliphatic heterocycles. The van der Waals surface area contributed by atoms with Gasteiger partial charge in [0, 0.05) is 17.5 Å². The lowest BCUT2D eigenvalue weighted by Gasteiger charge is -2.17. The van der Waals surface area contributed by atoms with Gasteiger partial charge in [0.15, 0.2) is 0 Å². The predicted molar refractivity (Wildman–Crippen MR) is 114 cm³/mol. The Labute approximate surface area is 172 Å². The highest BCUT2D eigenvalue weighted by atomic mass is 32.2. The molecule has 0 aliphatic carbocycles. The van der Waals surface area contributed by atoms with E-state index in [-0.39, 0.29) is 11.0 Å². The molecule has 29 heavy (non-hydrogen) atoms. The van der Waals surface area contributed by atoms with Gasteiger partial charge in [0.1, 0.15) is 16.7 Å². The summed E-state index contributed by atoms with van der Waals surface area (Å²) in [5, 5.41) is 0. The van der Waals surface area contributed by atoms with Gasteiger partial charge in [-0.05, 0) is 49.6 Å². The van der Waals surface area contributed by atoms with Crippen LogP contribution in [0.2, 0.25) is 0 Å². The first-order chi connectivity index (χ1) is 13.8. The Hall–Kier alpha value is -2.63. The molecule has 1 aliphatic rings. The molecule has 0 saturated carbocycles. The quantitative estimate of drug-likeness (QED) is 0.551. The normalized spacial score (nSPS) is 15.8. The van der Waals surface area contributed by atoms with Crippen LogP contribution in [0.5, 0.6) is 5.75 Å². The molecule has 0 N–H and O–H groups in total. The number of hydrogen-bond acceptors (Lipinski definition) is 4. The van der Waals surface area contributed by atoms with Crippen LogP contribution in [-0.2, 0) is 20.7 Å². The molecule has 1 atom stereocenters. The molecule has 0 bridgehead atoms. The van der Waals surface area contributed by atoms with E-state index in [1.54, 1.807) is 12.1 Å². The molecule has 1 unspecified atom stereocenters. The molecule has 5 heteroatoms. The number of benzene rings is 3. The maximum atomic E-state index is 12.5. The summed E-state index contributed by atoms with van der Waals surface area (Å²) in [5.74, 6) is 0.826. The molecule has 0 amide bonds. The third-order valence-corrected chi connectivity index (χ3v) is 6.69. The van der Waals surface area contributed by atoms with E-state index in [0.717, 1.165) is 33.6 Å². The zero-order valence-corrected chi connectivity index (χ0v) is 17.8. The molecule has 3 aromatic carbocycles. The summed E-state index contributed by atoms with van der Waals surface area (Å²) in [6.07, 6.45) is 0.238. The highest BCUT2D eigenvalue weighted by Gasteiger charge is 2.32. The minimum Gasteiger partial charge on any atom is -0.484 e. The van der Waals surface area contributed by atoms with Crippen molar-refractivity contribution in [1.82, 2.24) is 0 Å². The monoisotopic (exact) mass is 408 g/mol. The number of fused-ring (bicyclic) bond motifs is 1. The first-order valence-corrected chi connectivity index (χ1v) is 11.0. The van der Waals surface area contributed by atoms with Crippen molar-refractivity contribution in [3.05, 3.63) is 82.4 Å². The fourth-order valence-corrected chi connectivity index (χ4v) is 4.77. The molecule has 0 saturated heterocycles. The van der Waals surface area contributed by atoms with Crippen LogP contribution >= 0.6 is 0 Å². The Kier molecular flexibility index (Phi) is 4.97. The largest absolute Gasteiger partial charge is 0.484 e. The number of aryl methyl sites for hydroxylation is 3. The van der Waals surface area contributed by atoms with Crippen molar-refractivity contribution in [2.45, 2.75) is 38.2 Å². The Balaban J connectivity index is 1.80. The van der Waals surface area contributed by atoms with Crippen molar-refractivity contribution in [3.8, 4) is 16.9 Å². The van der Waals surface area contributed by atoms with Gasteiger partial charge in [-0.3, -0.25) is 4.18 Å². The summed E-state index contributed by atoms with van der Waals surface area (Å²) in [7, 11) is -2.64. The van der Waals surface area contributed by atoms with E-state index in [4.69, 9.17) is 8.92 Å². The lowest BCUT2D eigenvalue weighted by atomic mass is 9.96. The van der Waals surface area contributed by atoms with Gasteiger partial charge in [0.2, 0.25) is 0 Å². The molecule has 1 heterocycles. The van der Waals surface area contributed by atoms with E-state index < -0.39 is 10.1 Å². The molecule has 4 nitrogen and oxygen atoms in total. The maximum Gasteiger partial charge on any atom is 0.297 e. The summed E-state index contributed by atoms with van der Waals surface area (Å²) in [6.45, 7) is 6.07. The zero-order valence-electron chi connectivity index (χ0n) is 17.0. The van der Waals surface area contributed by atoms with Crippen molar-refractivity contribution in [2.75, 3.05) is 7.11 Å². The average Bonchev–Trinajstić information content (AvgIpc) is 3.11. The van der Waals surface area contributed by atoms with E-state index >= 15 is 0 Å².